The second-order valence-corrected chi connectivity index (χ2v) is 10.6. The fourth-order valence-electron chi connectivity index (χ4n) is 4.79. The number of halogens is 2. The molecule has 1 atom stereocenters. The molecule has 0 bridgehead atoms. The van der Waals surface area contributed by atoms with Crippen molar-refractivity contribution in [3.05, 3.63) is 116 Å². The number of allylic oxidation sites excluding steroid dienone is 1. The maximum Gasteiger partial charge on any atom is 0.261 e. The Morgan fingerprint density at radius 3 is 2.46 bits per heavy atom. The van der Waals surface area contributed by atoms with Crippen molar-refractivity contribution in [3.63, 3.8) is 0 Å². The number of aryl methyl sites for hydroxylation is 3. The predicted molar refractivity (Wildman–Crippen MR) is 154 cm³/mol. The number of carbonyl (C=O) groups excluding carboxylic acids is 2. The Balaban J connectivity index is 1.58. The lowest BCUT2D eigenvalue weighted by atomic mass is 9.94. The third-order valence-corrected chi connectivity index (χ3v) is 7.16. The van der Waals surface area contributed by atoms with Crippen molar-refractivity contribution in [3.8, 4) is 0 Å². The van der Waals surface area contributed by atoms with Gasteiger partial charge >= 0.3 is 0 Å². The average molecular weight is 588 g/mol. The molecule has 2 amide bonds. The largest absolute Gasteiger partial charge is 0.343 e. The van der Waals surface area contributed by atoms with Crippen LogP contribution in [-0.4, -0.2) is 21.6 Å². The van der Waals surface area contributed by atoms with Gasteiger partial charge in [0.05, 0.1) is 11.8 Å². The standard InChI is InChI=1S/C30H27BrFN5O2/c1-16-6-5-7-21(13-16)35-29(38)23-15-33-37-27(22-14-20(31)9-10-24(22)32)26(19(4)34-28(23)37)30(39)36-25-11-8-17(2)12-18(25)3/h5-15,27,34H,1-4H3,(H,35,38)(H,36,39)/t27-/m1/s1. The number of carbonyl (C=O) groups is 2. The van der Waals surface area contributed by atoms with Gasteiger partial charge in [0.15, 0.2) is 0 Å². The van der Waals surface area contributed by atoms with Crippen LogP contribution in [-0.2, 0) is 4.79 Å². The van der Waals surface area contributed by atoms with Crippen LogP contribution in [0.3, 0.4) is 0 Å². The Hall–Kier alpha value is -4.24. The zero-order chi connectivity index (χ0) is 27.8. The Kier molecular flexibility index (Phi) is 7.10. The summed E-state index contributed by atoms with van der Waals surface area (Å²) in [5, 5.41) is 13.5. The van der Waals surface area contributed by atoms with Crippen LogP contribution >= 0.6 is 15.9 Å². The quantitative estimate of drug-likeness (QED) is 0.237. The van der Waals surface area contributed by atoms with Gasteiger partial charge in [-0.1, -0.05) is 45.8 Å². The molecule has 39 heavy (non-hydrogen) atoms. The Bertz CT molecular complexity index is 1660. The van der Waals surface area contributed by atoms with Crippen LogP contribution in [0, 0.1) is 26.6 Å². The first-order chi connectivity index (χ1) is 18.6. The lowest BCUT2D eigenvalue weighted by Gasteiger charge is -2.30. The minimum atomic E-state index is -0.926. The molecule has 4 aromatic rings. The zero-order valence-corrected chi connectivity index (χ0v) is 23.5. The van der Waals surface area contributed by atoms with Gasteiger partial charge in [-0.15, -0.1) is 0 Å². The summed E-state index contributed by atoms with van der Waals surface area (Å²) in [5.41, 5.74) is 5.57. The topological polar surface area (TPSA) is 88.0 Å². The minimum absolute atomic E-state index is 0.242. The molecule has 0 fully saturated rings. The second-order valence-electron chi connectivity index (χ2n) is 9.68. The van der Waals surface area contributed by atoms with Crippen molar-refractivity contribution >= 4 is 44.9 Å². The van der Waals surface area contributed by atoms with E-state index in [9.17, 15) is 9.59 Å². The summed E-state index contributed by atoms with van der Waals surface area (Å²) in [6.07, 6.45) is 1.43. The monoisotopic (exact) mass is 587 g/mol. The molecule has 0 unspecified atom stereocenters. The number of hydrogen-bond donors (Lipinski definition) is 3. The SMILES string of the molecule is CC1=C(C(=O)Nc2ccc(C)cc2C)[C@@H](c2cc(Br)ccc2F)n2ncc(C(=O)Nc3cccc(C)c3)c2N1. The minimum Gasteiger partial charge on any atom is -0.343 e. The molecule has 1 aromatic heterocycles. The van der Waals surface area contributed by atoms with Crippen molar-refractivity contribution in [1.82, 2.24) is 9.78 Å². The van der Waals surface area contributed by atoms with Crippen molar-refractivity contribution in [2.45, 2.75) is 33.7 Å². The van der Waals surface area contributed by atoms with Gasteiger partial charge in [-0.2, -0.15) is 5.10 Å². The highest BCUT2D eigenvalue weighted by Gasteiger charge is 2.37. The Morgan fingerprint density at radius 2 is 1.72 bits per heavy atom. The van der Waals surface area contributed by atoms with E-state index >= 15 is 4.39 Å². The van der Waals surface area contributed by atoms with E-state index in [1.807, 2.05) is 57.2 Å². The van der Waals surface area contributed by atoms with Gasteiger partial charge in [-0.05, 0) is 75.2 Å². The molecular formula is C30H27BrFN5O2. The smallest absolute Gasteiger partial charge is 0.261 e. The van der Waals surface area contributed by atoms with Gasteiger partial charge < -0.3 is 16.0 Å². The molecular weight excluding hydrogens is 561 g/mol. The first-order valence-corrected chi connectivity index (χ1v) is 13.2. The molecule has 198 valence electrons. The highest BCUT2D eigenvalue weighted by atomic mass is 79.9. The Labute approximate surface area is 234 Å². The molecule has 0 aliphatic carbocycles. The fourth-order valence-corrected chi connectivity index (χ4v) is 5.17. The highest BCUT2D eigenvalue weighted by molar-refractivity contribution is 9.10. The number of aromatic nitrogens is 2. The number of hydrogen-bond acceptors (Lipinski definition) is 4. The van der Waals surface area contributed by atoms with E-state index in [1.165, 1.54) is 16.9 Å². The molecule has 1 aliphatic heterocycles. The lowest BCUT2D eigenvalue weighted by molar-refractivity contribution is -0.113. The first kappa shape index (κ1) is 26.4. The summed E-state index contributed by atoms with van der Waals surface area (Å²) in [7, 11) is 0. The van der Waals surface area contributed by atoms with Crippen LogP contribution in [0.15, 0.2) is 82.6 Å². The van der Waals surface area contributed by atoms with Crippen LogP contribution in [0.5, 0.6) is 0 Å². The third kappa shape index (κ3) is 5.22. The van der Waals surface area contributed by atoms with Crippen LogP contribution in [0.4, 0.5) is 21.6 Å². The van der Waals surface area contributed by atoms with Crippen LogP contribution in [0.25, 0.3) is 0 Å². The maximum absolute atomic E-state index is 15.3. The molecule has 3 N–H and O–H groups in total. The third-order valence-electron chi connectivity index (χ3n) is 6.67. The highest BCUT2D eigenvalue weighted by Crippen LogP contribution is 2.39. The summed E-state index contributed by atoms with van der Waals surface area (Å²) in [4.78, 5) is 27.0. The average Bonchev–Trinajstić information content (AvgIpc) is 3.30. The molecule has 5 rings (SSSR count). The molecule has 7 nitrogen and oxygen atoms in total. The van der Waals surface area contributed by atoms with Crippen LogP contribution in [0.1, 0.15) is 45.6 Å². The van der Waals surface area contributed by atoms with E-state index in [4.69, 9.17) is 0 Å². The molecule has 0 spiro atoms. The number of nitrogens with zero attached hydrogens (tertiary/aromatic N) is 2. The molecule has 2 heterocycles. The first-order valence-electron chi connectivity index (χ1n) is 12.4. The summed E-state index contributed by atoms with van der Waals surface area (Å²) in [6.45, 7) is 7.57. The van der Waals surface area contributed by atoms with Gasteiger partial charge in [-0.3, -0.25) is 9.59 Å². The van der Waals surface area contributed by atoms with E-state index < -0.39 is 17.8 Å². The van der Waals surface area contributed by atoms with Crippen molar-refractivity contribution < 1.29 is 14.0 Å². The second kappa shape index (κ2) is 10.5. The van der Waals surface area contributed by atoms with E-state index in [-0.39, 0.29) is 22.6 Å². The van der Waals surface area contributed by atoms with Gasteiger partial charge in [0.2, 0.25) is 0 Å². The number of amides is 2. The number of rotatable bonds is 5. The molecule has 3 aromatic carbocycles. The lowest BCUT2D eigenvalue weighted by Crippen LogP contribution is -2.32. The number of anilines is 3. The van der Waals surface area contributed by atoms with Gasteiger partial charge in [0.1, 0.15) is 23.2 Å². The van der Waals surface area contributed by atoms with E-state index in [0.29, 0.717) is 27.4 Å². The predicted octanol–water partition coefficient (Wildman–Crippen LogP) is 6.89. The van der Waals surface area contributed by atoms with E-state index in [2.05, 4.69) is 37.0 Å². The summed E-state index contributed by atoms with van der Waals surface area (Å²) in [5.74, 6) is -0.908. The molecule has 9 heteroatoms. The normalized spacial score (nSPS) is 14.5. The van der Waals surface area contributed by atoms with Crippen LogP contribution < -0.4 is 16.0 Å². The zero-order valence-electron chi connectivity index (χ0n) is 21.9. The number of nitrogens with one attached hydrogen (secondary N) is 3. The van der Waals surface area contributed by atoms with Gasteiger partial charge in [0.25, 0.3) is 11.8 Å². The Morgan fingerprint density at radius 1 is 0.949 bits per heavy atom. The summed E-state index contributed by atoms with van der Waals surface area (Å²) in [6, 6.07) is 16.8. The molecule has 0 radical (unpaired) electrons. The van der Waals surface area contributed by atoms with Crippen molar-refractivity contribution in [2.75, 3.05) is 16.0 Å². The molecule has 0 saturated carbocycles. The number of benzene rings is 3. The van der Waals surface area contributed by atoms with Gasteiger partial charge in [-0.25, -0.2) is 9.07 Å². The molecule has 1 aliphatic rings. The summed E-state index contributed by atoms with van der Waals surface area (Å²) < 4.78 is 17.5. The van der Waals surface area contributed by atoms with Crippen molar-refractivity contribution in [1.29, 1.82) is 0 Å². The van der Waals surface area contributed by atoms with Crippen LogP contribution in [0.2, 0.25) is 0 Å². The number of fused-ring (bicyclic) bond motifs is 1. The van der Waals surface area contributed by atoms with E-state index in [0.717, 1.165) is 16.7 Å². The maximum atomic E-state index is 15.3. The van der Waals surface area contributed by atoms with E-state index in [1.54, 1.807) is 25.1 Å². The fraction of sp³-hybridized carbons (Fsp3) is 0.167. The van der Waals surface area contributed by atoms with Crippen molar-refractivity contribution in [2.24, 2.45) is 0 Å². The summed E-state index contributed by atoms with van der Waals surface area (Å²) >= 11 is 3.42. The van der Waals surface area contributed by atoms with Gasteiger partial charge in [0, 0.05) is 27.1 Å². The molecule has 0 saturated heterocycles.